The summed E-state index contributed by atoms with van der Waals surface area (Å²) < 4.78 is 0. The van der Waals surface area contributed by atoms with E-state index >= 15 is 0 Å². The number of nitrogens with zero attached hydrogens (tertiary/aromatic N) is 3. The molecular weight excluding hydrogens is 210 g/mol. The Bertz CT molecular complexity index is 305. The monoisotopic (exact) mass is 227 g/mol. The lowest BCUT2D eigenvalue weighted by molar-refractivity contribution is 0.660. The lowest BCUT2D eigenvalue weighted by Gasteiger charge is -2.27. The SMILES string of the molecule is CCCN(c1cc(C)nc(Cl)n1)C(C)C. The number of aryl methyl sites for hydroxylation is 1. The number of hydrogen-bond donors (Lipinski definition) is 0. The molecule has 0 saturated heterocycles. The van der Waals surface area contributed by atoms with Crippen molar-refractivity contribution >= 4 is 17.4 Å². The highest BCUT2D eigenvalue weighted by Gasteiger charge is 2.12. The zero-order valence-electron chi connectivity index (χ0n) is 9.79. The zero-order chi connectivity index (χ0) is 11.4. The Morgan fingerprint density at radius 1 is 1.40 bits per heavy atom. The van der Waals surface area contributed by atoms with Crippen LogP contribution in [0.25, 0.3) is 0 Å². The highest BCUT2D eigenvalue weighted by atomic mass is 35.5. The summed E-state index contributed by atoms with van der Waals surface area (Å²) in [6.07, 6.45) is 1.10. The lowest BCUT2D eigenvalue weighted by atomic mass is 10.2. The minimum absolute atomic E-state index is 0.326. The number of halogens is 1. The number of aromatic nitrogens is 2. The van der Waals surface area contributed by atoms with Crippen molar-refractivity contribution in [2.75, 3.05) is 11.4 Å². The smallest absolute Gasteiger partial charge is 0.224 e. The molecule has 1 aromatic heterocycles. The first-order valence-corrected chi connectivity index (χ1v) is 5.70. The quantitative estimate of drug-likeness (QED) is 0.741. The zero-order valence-corrected chi connectivity index (χ0v) is 10.5. The molecule has 3 nitrogen and oxygen atoms in total. The summed E-state index contributed by atoms with van der Waals surface area (Å²) in [4.78, 5) is 10.6. The van der Waals surface area contributed by atoms with Crippen molar-refractivity contribution in [1.29, 1.82) is 0 Å². The Labute approximate surface area is 96.5 Å². The van der Waals surface area contributed by atoms with Crippen molar-refractivity contribution in [2.45, 2.75) is 40.2 Å². The standard InChI is InChI=1S/C11H18ClN3/c1-5-6-15(8(2)3)10-7-9(4)13-11(12)14-10/h7-8H,5-6H2,1-4H3. The summed E-state index contributed by atoms with van der Waals surface area (Å²) >= 11 is 5.85. The van der Waals surface area contributed by atoms with Crippen LogP contribution in [0, 0.1) is 6.92 Å². The van der Waals surface area contributed by atoms with Crippen molar-refractivity contribution < 1.29 is 0 Å². The molecule has 84 valence electrons. The lowest BCUT2D eigenvalue weighted by Crippen LogP contribution is -2.32. The van der Waals surface area contributed by atoms with Gasteiger partial charge in [0, 0.05) is 24.3 Å². The fourth-order valence-electron chi connectivity index (χ4n) is 1.54. The summed E-state index contributed by atoms with van der Waals surface area (Å²) in [6, 6.07) is 2.40. The summed E-state index contributed by atoms with van der Waals surface area (Å²) in [5, 5.41) is 0.326. The van der Waals surface area contributed by atoms with Crippen LogP contribution in [0.4, 0.5) is 5.82 Å². The number of hydrogen-bond acceptors (Lipinski definition) is 3. The molecule has 15 heavy (non-hydrogen) atoms. The van der Waals surface area contributed by atoms with E-state index in [1.54, 1.807) is 0 Å². The summed E-state index contributed by atoms with van der Waals surface area (Å²) in [5.74, 6) is 0.921. The van der Waals surface area contributed by atoms with E-state index < -0.39 is 0 Å². The molecule has 1 aromatic rings. The van der Waals surface area contributed by atoms with Crippen LogP contribution in [-0.2, 0) is 0 Å². The van der Waals surface area contributed by atoms with Crippen molar-refractivity contribution in [3.8, 4) is 0 Å². The molecule has 0 aliphatic heterocycles. The van der Waals surface area contributed by atoms with Gasteiger partial charge in [-0.1, -0.05) is 6.92 Å². The highest BCUT2D eigenvalue weighted by molar-refractivity contribution is 6.28. The maximum atomic E-state index is 5.85. The fraction of sp³-hybridized carbons (Fsp3) is 0.636. The summed E-state index contributed by atoms with van der Waals surface area (Å²) in [6.45, 7) is 9.39. The summed E-state index contributed by atoms with van der Waals surface area (Å²) in [7, 11) is 0. The molecule has 0 amide bonds. The van der Waals surface area contributed by atoms with Gasteiger partial charge in [-0.15, -0.1) is 0 Å². The molecule has 0 fully saturated rings. The Morgan fingerprint density at radius 3 is 2.53 bits per heavy atom. The second-order valence-corrected chi connectivity index (χ2v) is 4.26. The number of anilines is 1. The van der Waals surface area contributed by atoms with Crippen molar-refractivity contribution in [3.63, 3.8) is 0 Å². The Hall–Kier alpha value is -0.830. The Kier molecular flexibility index (Phi) is 4.33. The van der Waals surface area contributed by atoms with Crippen LogP contribution in [0.2, 0.25) is 5.28 Å². The van der Waals surface area contributed by atoms with E-state index in [0.717, 1.165) is 24.5 Å². The maximum Gasteiger partial charge on any atom is 0.224 e. The molecule has 4 heteroatoms. The Balaban J connectivity index is 2.99. The van der Waals surface area contributed by atoms with Crippen molar-refractivity contribution in [2.24, 2.45) is 0 Å². The molecule has 1 rings (SSSR count). The molecule has 0 bridgehead atoms. The third-order valence-corrected chi connectivity index (χ3v) is 2.36. The van der Waals surface area contributed by atoms with Gasteiger partial charge in [0.1, 0.15) is 5.82 Å². The van der Waals surface area contributed by atoms with Crippen molar-refractivity contribution in [3.05, 3.63) is 17.0 Å². The highest BCUT2D eigenvalue weighted by Crippen LogP contribution is 2.17. The van der Waals surface area contributed by atoms with Gasteiger partial charge in [-0.3, -0.25) is 0 Å². The van der Waals surface area contributed by atoms with Gasteiger partial charge >= 0.3 is 0 Å². The van der Waals surface area contributed by atoms with Crippen LogP contribution in [-0.4, -0.2) is 22.6 Å². The number of rotatable bonds is 4. The first kappa shape index (κ1) is 12.2. The molecule has 0 N–H and O–H groups in total. The van der Waals surface area contributed by atoms with E-state index in [1.807, 2.05) is 13.0 Å². The van der Waals surface area contributed by atoms with Gasteiger partial charge < -0.3 is 4.90 Å². The summed E-state index contributed by atoms with van der Waals surface area (Å²) in [5.41, 5.74) is 0.909. The van der Waals surface area contributed by atoms with Gasteiger partial charge in [0.05, 0.1) is 0 Å². The van der Waals surface area contributed by atoms with E-state index in [1.165, 1.54) is 0 Å². The maximum absolute atomic E-state index is 5.85. The largest absolute Gasteiger partial charge is 0.354 e. The fourth-order valence-corrected chi connectivity index (χ4v) is 1.76. The van der Waals surface area contributed by atoms with Gasteiger partial charge in [0.2, 0.25) is 5.28 Å². The second-order valence-electron chi connectivity index (χ2n) is 3.92. The molecule has 0 saturated carbocycles. The van der Waals surface area contributed by atoms with Crippen LogP contribution < -0.4 is 4.90 Å². The van der Waals surface area contributed by atoms with Crippen LogP contribution >= 0.6 is 11.6 Å². The molecule has 0 atom stereocenters. The first-order chi connectivity index (χ1) is 7.04. The molecule has 1 heterocycles. The van der Waals surface area contributed by atoms with Gasteiger partial charge in [-0.2, -0.15) is 0 Å². The molecule has 0 radical (unpaired) electrons. The third-order valence-electron chi connectivity index (χ3n) is 2.20. The third kappa shape index (κ3) is 3.34. The minimum atomic E-state index is 0.326. The van der Waals surface area contributed by atoms with Gasteiger partial charge in [0.15, 0.2) is 0 Å². The predicted octanol–water partition coefficient (Wildman–Crippen LogP) is 3.06. The van der Waals surface area contributed by atoms with Gasteiger partial charge in [-0.05, 0) is 38.8 Å². The Morgan fingerprint density at radius 2 is 2.07 bits per heavy atom. The molecule has 0 spiro atoms. The van der Waals surface area contributed by atoms with E-state index in [2.05, 4.69) is 35.6 Å². The molecule has 0 aromatic carbocycles. The molecular formula is C11H18ClN3. The van der Waals surface area contributed by atoms with Crippen LogP contribution in [0.1, 0.15) is 32.9 Å². The average Bonchev–Trinajstić information content (AvgIpc) is 2.11. The predicted molar refractivity (Wildman–Crippen MR) is 64.6 cm³/mol. The molecule has 0 aliphatic carbocycles. The normalized spacial score (nSPS) is 10.8. The second kappa shape index (κ2) is 5.31. The van der Waals surface area contributed by atoms with E-state index in [0.29, 0.717) is 11.3 Å². The van der Waals surface area contributed by atoms with Crippen LogP contribution in [0.5, 0.6) is 0 Å². The molecule has 0 aliphatic rings. The van der Waals surface area contributed by atoms with Crippen LogP contribution in [0.15, 0.2) is 6.07 Å². The average molecular weight is 228 g/mol. The molecule has 0 unspecified atom stereocenters. The van der Waals surface area contributed by atoms with Gasteiger partial charge in [0.25, 0.3) is 0 Å². The van der Waals surface area contributed by atoms with E-state index in [4.69, 9.17) is 11.6 Å². The topological polar surface area (TPSA) is 29.0 Å². The minimum Gasteiger partial charge on any atom is -0.354 e. The van der Waals surface area contributed by atoms with E-state index in [-0.39, 0.29) is 0 Å². The van der Waals surface area contributed by atoms with Crippen LogP contribution in [0.3, 0.4) is 0 Å². The van der Waals surface area contributed by atoms with Crippen molar-refractivity contribution in [1.82, 2.24) is 9.97 Å². The first-order valence-electron chi connectivity index (χ1n) is 5.32. The van der Waals surface area contributed by atoms with Gasteiger partial charge in [-0.25, -0.2) is 9.97 Å². The van der Waals surface area contributed by atoms with E-state index in [9.17, 15) is 0 Å².